The molecule has 1 N–H and O–H groups in total. The largest absolute Gasteiger partial charge is 0.481 e. The summed E-state index contributed by atoms with van der Waals surface area (Å²) in [5, 5.41) is 9.73. The lowest BCUT2D eigenvalue weighted by Gasteiger charge is -2.35. The van der Waals surface area contributed by atoms with Gasteiger partial charge in [0.2, 0.25) is 0 Å². The van der Waals surface area contributed by atoms with Crippen LogP contribution >= 0.6 is 0 Å². The monoisotopic (exact) mass is 407 g/mol. The summed E-state index contributed by atoms with van der Waals surface area (Å²) >= 11 is 0. The molecule has 30 heavy (non-hydrogen) atoms. The maximum Gasteiger partial charge on any atom is 0.409 e. The van der Waals surface area contributed by atoms with Gasteiger partial charge in [-0.05, 0) is 35.1 Å². The van der Waals surface area contributed by atoms with Gasteiger partial charge in [-0.2, -0.15) is 0 Å². The molecule has 0 saturated carbocycles. The van der Waals surface area contributed by atoms with Crippen molar-refractivity contribution in [3.05, 3.63) is 59.7 Å². The molecule has 3 aliphatic rings. The Morgan fingerprint density at radius 3 is 2.23 bits per heavy atom. The Morgan fingerprint density at radius 2 is 1.63 bits per heavy atom. The van der Waals surface area contributed by atoms with Crippen LogP contribution in [0.1, 0.15) is 29.9 Å². The Morgan fingerprint density at radius 1 is 1.03 bits per heavy atom. The van der Waals surface area contributed by atoms with Crippen molar-refractivity contribution in [1.29, 1.82) is 0 Å². The molecule has 0 aromatic heterocycles. The minimum atomic E-state index is -0.842. The van der Waals surface area contributed by atoms with Crippen LogP contribution in [0.5, 0.6) is 0 Å². The maximum absolute atomic E-state index is 12.9. The van der Waals surface area contributed by atoms with Crippen LogP contribution in [-0.4, -0.2) is 55.0 Å². The smallest absolute Gasteiger partial charge is 0.409 e. The Labute approximate surface area is 175 Å². The van der Waals surface area contributed by atoms with Gasteiger partial charge in [0.25, 0.3) is 0 Å². The molecule has 0 radical (unpaired) electrons. The lowest BCUT2D eigenvalue weighted by molar-refractivity contribution is -0.146. The molecule has 2 heterocycles. The van der Waals surface area contributed by atoms with E-state index >= 15 is 0 Å². The van der Waals surface area contributed by atoms with E-state index in [4.69, 9.17) is 9.47 Å². The molecule has 1 spiro atoms. The van der Waals surface area contributed by atoms with Gasteiger partial charge in [-0.1, -0.05) is 48.5 Å². The Balaban J connectivity index is 1.32. The molecule has 1 unspecified atom stereocenters. The minimum absolute atomic E-state index is 0.00346. The molecular weight excluding hydrogens is 382 g/mol. The predicted octanol–water partition coefficient (Wildman–Crippen LogP) is 3.75. The standard InChI is InChI=1S/C24H25NO5/c26-22(27)21-13-25(15-24(21)9-11-29-12-10-24)23(28)30-14-20-18-7-3-1-5-16(18)17-6-2-4-8-19(17)20/h1-8,20-21H,9-15H2,(H,26,27). The van der Waals surface area contributed by atoms with Crippen LogP contribution in [0.3, 0.4) is 0 Å². The summed E-state index contributed by atoms with van der Waals surface area (Å²) in [5.74, 6) is -1.41. The quantitative estimate of drug-likeness (QED) is 0.839. The topological polar surface area (TPSA) is 76.1 Å². The second kappa shape index (κ2) is 7.43. The highest BCUT2D eigenvalue weighted by Crippen LogP contribution is 2.46. The molecule has 2 aliphatic heterocycles. The molecule has 0 bridgehead atoms. The third kappa shape index (κ3) is 3.06. The van der Waals surface area contributed by atoms with Gasteiger partial charge in [-0.3, -0.25) is 4.79 Å². The predicted molar refractivity (Wildman–Crippen MR) is 110 cm³/mol. The zero-order valence-electron chi connectivity index (χ0n) is 16.8. The number of likely N-dealkylation sites (tertiary alicyclic amines) is 1. The van der Waals surface area contributed by atoms with E-state index in [0.717, 1.165) is 11.1 Å². The van der Waals surface area contributed by atoms with Gasteiger partial charge in [-0.25, -0.2) is 4.79 Å². The highest BCUT2D eigenvalue weighted by molar-refractivity contribution is 5.79. The summed E-state index contributed by atoms with van der Waals surface area (Å²) in [6.45, 7) is 1.96. The zero-order chi connectivity index (χ0) is 20.7. The number of hydrogen-bond acceptors (Lipinski definition) is 4. The van der Waals surface area contributed by atoms with Crippen molar-refractivity contribution < 1.29 is 24.2 Å². The zero-order valence-corrected chi connectivity index (χ0v) is 16.8. The molecule has 1 atom stereocenters. The molecule has 156 valence electrons. The van der Waals surface area contributed by atoms with Crippen LogP contribution in [0, 0.1) is 11.3 Å². The second-order valence-corrected chi connectivity index (χ2v) is 8.55. The van der Waals surface area contributed by atoms with Crippen molar-refractivity contribution >= 4 is 12.1 Å². The van der Waals surface area contributed by atoms with Crippen molar-refractivity contribution in [1.82, 2.24) is 4.90 Å². The number of benzene rings is 2. The maximum atomic E-state index is 12.9. The number of carboxylic acids is 1. The molecule has 1 aliphatic carbocycles. The van der Waals surface area contributed by atoms with Crippen LogP contribution < -0.4 is 0 Å². The third-order valence-corrected chi connectivity index (χ3v) is 7.03. The molecular formula is C24H25NO5. The number of nitrogens with zero attached hydrogens (tertiary/aromatic N) is 1. The highest BCUT2D eigenvalue weighted by atomic mass is 16.6. The first kappa shape index (κ1) is 19.1. The summed E-state index contributed by atoms with van der Waals surface area (Å²) in [6, 6.07) is 16.4. The van der Waals surface area contributed by atoms with E-state index in [2.05, 4.69) is 24.3 Å². The van der Waals surface area contributed by atoms with Crippen molar-refractivity contribution in [2.24, 2.45) is 11.3 Å². The first-order valence-corrected chi connectivity index (χ1v) is 10.5. The molecule has 1 amide bonds. The van der Waals surface area contributed by atoms with Crippen molar-refractivity contribution in [3.8, 4) is 11.1 Å². The van der Waals surface area contributed by atoms with Crippen LogP contribution in [0.15, 0.2) is 48.5 Å². The Bertz CT molecular complexity index is 936. The number of carbonyl (C=O) groups is 2. The molecule has 5 rings (SSSR count). The summed E-state index contributed by atoms with van der Waals surface area (Å²) in [7, 11) is 0. The van der Waals surface area contributed by atoms with Gasteiger partial charge in [0.15, 0.2) is 0 Å². The van der Waals surface area contributed by atoms with Gasteiger partial charge < -0.3 is 19.5 Å². The summed E-state index contributed by atoms with van der Waals surface area (Å²) in [4.78, 5) is 26.3. The average molecular weight is 407 g/mol. The fourth-order valence-corrected chi connectivity index (χ4v) is 5.42. The SMILES string of the molecule is O=C(O)C1CN(C(=O)OCC2c3ccccc3-c3ccccc32)CC12CCOCC2. The number of aliphatic carboxylic acids is 1. The van der Waals surface area contributed by atoms with E-state index in [1.165, 1.54) is 11.1 Å². The van der Waals surface area contributed by atoms with E-state index < -0.39 is 23.4 Å². The number of rotatable bonds is 3. The first-order valence-electron chi connectivity index (χ1n) is 10.5. The third-order valence-electron chi connectivity index (χ3n) is 7.03. The normalized spacial score (nSPS) is 22.0. The Kier molecular flexibility index (Phi) is 4.74. The molecule has 2 aromatic carbocycles. The van der Waals surface area contributed by atoms with Crippen LogP contribution in [0.2, 0.25) is 0 Å². The van der Waals surface area contributed by atoms with Crippen molar-refractivity contribution in [2.45, 2.75) is 18.8 Å². The molecule has 2 saturated heterocycles. The molecule has 6 nitrogen and oxygen atoms in total. The average Bonchev–Trinajstić information content (AvgIpc) is 3.29. The summed E-state index contributed by atoms with van der Waals surface area (Å²) in [6.07, 6.45) is 0.903. The fourth-order valence-electron chi connectivity index (χ4n) is 5.42. The number of carbonyl (C=O) groups excluding carboxylic acids is 1. The van der Waals surface area contributed by atoms with Crippen molar-refractivity contribution in [2.75, 3.05) is 32.9 Å². The second-order valence-electron chi connectivity index (χ2n) is 8.55. The van der Waals surface area contributed by atoms with E-state index in [-0.39, 0.29) is 19.1 Å². The fraction of sp³-hybridized carbons (Fsp3) is 0.417. The Hall–Kier alpha value is -2.86. The number of hydrogen-bond donors (Lipinski definition) is 1. The minimum Gasteiger partial charge on any atom is -0.481 e. The first-order chi connectivity index (χ1) is 14.6. The van der Waals surface area contributed by atoms with Crippen LogP contribution in [-0.2, 0) is 14.3 Å². The number of amides is 1. The van der Waals surface area contributed by atoms with Gasteiger partial charge in [0, 0.05) is 37.6 Å². The molecule has 2 fully saturated rings. The lowest BCUT2D eigenvalue weighted by atomic mass is 9.72. The van der Waals surface area contributed by atoms with Gasteiger partial charge in [0.1, 0.15) is 6.61 Å². The van der Waals surface area contributed by atoms with Crippen LogP contribution in [0.25, 0.3) is 11.1 Å². The van der Waals surface area contributed by atoms with Crippen LogP contribution in [0.4, 0.5) is 4.79 Å². The summed E-state index contributed by atoms with van der Waals surface area (Å²) in [5.41, 5.74) is 4.29. The molecule has 6 heteroatoms. The van der Waals surface area contributed by atoms with Gasteiger partial charge >= 0.3 is 12.1 Å². The summed E-state index contributed by atoms with van der Waals surface area (Å²) < 4.78 is 11.2. The van der Waals surface area contributed by atoms with E-state index in [1.54, 1.807) is 4.90 Å². The van der Waals surface area contributed by atoms with Crippen molar-refractivity contribution in [3.63, 3.8) is 0 Å². The number of ether oxygens (including phenoxy) is 2. The number of carboxylic acid groups (broad SMARTS) is 1. The molecule has 2 aromatic rings. The van der Waals surface area contributed by atoms with Gasteiger partial charge in [-0.15, -0.1) is 0 Å². The van der Waals surface area contributed by atoms with E-state index in [0.29, 0.717) is 32.6 Å². The van der Waals surface area contributed by atoms with E-state index in [1.807, 2.05) is 24.3 Å². The highest BCUT2D eigenvalue weighted by Gasteiger charge is 2.52. The van der Waals surface area contributed by atoms with E-state index in [9.17, 15) is 14.7 Å². The van der Waals surface area contributed by atoms with Gasteiger partial charge in [0.05, 0.1) is 5.92 Å². The lowest BCUT2D eigenvalue weighted by Crippen LogP contribution is -2.40. The number of fused-ring (bicyclic) bond motifs is 3.